The number of amides is 1. The van der Waals surface area contributed by atoms with Crippen LogP contribution in [0.5, 0.6) is 0 Å². The molecule has 1 aliphatic rings. The third-order valence-corrected chi connectivity index (χ3v) is 5.09. The molecule has 0 saturated carbocycles. The number of primary amides is 1. The Hall–Kier alpha value is -1.69. The number of nitrogens with two attached hydrogens (primary N) is 1. The van der Waals surface area contributed by atoms with Gasteiger partial charge in [-0.1, -0.05) is 6.92 Å². The zero-order valence-corrected chi connectivity index (χ0v) is 12.3. The maximum absolute atomic E-state index is 11.2. The van der Waals surface area contributed by atoms with Crippen molar-refractivity contribution in [2.45, 2.75) is 26.2 Å². The van der Waals surface area contributed by atoms with E-state index in [1.54, 1.807) is 17.7 Å². The predicted octanol–water partition coefficient (Wildman–Crippen LogP) is 1.96. The number of aromatic nitrogens is 2. The van der Waals surface area contributed by atoms with Crippen molar-refractivity contribution in [1.82, 2.24) is 9.97 Å². The molecule has 0 atom stereocenters. The number of aryl methyl sites for hydroxylation is 1. The molecule has 0 unspecified atom stereocenters. The molecule has 0 aliphatic carbocycles. The summed E-state index contributed by atoms with van der Waals surface area (Å²) in [5, 5.41) is 1.13. The maximum atomic E-state index is 11.2. The molecule has 106 valence electrons. The summed E-state index contributed by atoms with van der Waals surface area (Å²) in [6, 6.07) is 2.19. The Balaban J connectivity index is 1.87. The number of rotatable bonds is 3. The van der Waals surface area contributed by atoms with E-state index in [1.165, 1.54) is 4.88 Å². The Morgan fingerprint density at radius 1 is 1.45 bits per heavy atom. The summed E-state index contributed by atoms with van der Waals surface area (Å²) in [6.07, 6.45) is 4.27. The Morgan fingerprint density at radius 3 is 2.85 bits per heavy atom. The summed E-state index contributed by atoms with van der Waals surface area (Å²) < 4.78 is 0. The number of carbonyl (C=O) groups is 1. The van der Waals surface area contributed by atoms with E-state index in [1.807, 2.05) is 0 Å². The van der Waals surface area contributed by atoms with Crippen LogP contribution < -0.4 is 10.6 Å². The van der Waals surface area contributed by atoms with Crippen molar-refractivity contribution in [2.24, 2.45) is 11.7 Å². The van der Waals surface area contributed by atoms with E-state index in [-0.39, 0.29) is 11.8 Å². The van der Waals surface area contributed by atoms with Crippen molar-refractivity contribution in [2.75, 3.05) is 18.0 Å². The molecular formula is C14H18N4OS. The molecule has 1 amide bonds. The molecule has 6 heteroatoms. The van der Waals surface area contributed by atoms with Crippen LogP contribution in [0.3, 0.4) is 0 Å². The van der Waals surface area contributed by atoms with Crippen LogP contribution in [-0.2, 0) is 11.2 Å². The fraction of sp³-hybridized carbons (Fsp3) is 0.500. The first kappa shape index (κ1) is 13.3. The van der Waals surface area contributed by atoms with E-state index in [4.69, 9.17) is 5.73 Å². The predicted molar refractivity (Wildman–Crippen MR) is 80.9 cm³/mol. The van der Waals surface area contributed by atoms with Gasteiger partial charge in [0.25, 0.3) is 0 Å². The molecule has 1 aliphatic heterocycles. The highest BCUT2D eigenvalue weighted by atomic mass is 32.1. The van der Waals surface area contributed by atoms with Gasteiger partial charge >= 0.3 is 0 Å². The average Bonchev–Trinajstić information content (AvgIpc) is 2.90. The normalized spacial score (nSPS) is 16.8. The quantitative estimate of drug-likeness (QED) is 0.938. The van der Waals surface area contributed by atoms with Gasteiger partial charge < -0.3 is 10.6 Å². The Morgan fingerprint density at radius 2 is 2.20 bits per heavy atom. The van der Waals surface area contributed by atoms with Gasteiger partial charge in [0.2, 0.25) is 5.91 Å². The van der Waals surface area contributed by atoms with Crippen LogP contribution in [0, 0.1) is 5.92 Å². The van der Waals surface area contributed by atoms with Crippen molar-refractivity contribution < 1.29 is 4.79 Å². The zero-order valence-electron chi connectivity index (χ0n) is 11.5. The highest BCUT2D eigenvalue weighted by Gasteiger charge is 2.25. The number of anilines is 1. The monoisotopic (exact) mass is 290 g/mol. The fourth-order valence-corrected chi connectivity index (χ4v) is 3.62. The van der Waals surface area contributed by atoms with Crippen LogP contribution in [0.15, 0.2) is 12.4 Å². The number of hydrogen-bond acceptors (Lipinski definition) is 5. The highest BCUT2D eigenvalue weighted by molar-refractivity contribution is 7.18. The molecule has 0 radical (unpaired) electrons. The minimum absolute atomic E-state index is 0.0113. The molecule has 2 aromatic rings. The number of carbonyl (C=O) groups excluding carboxylic acids is 1. The summed E-state index contributed by atoms with van der Waals surface area (Å²) >= 11 is 1.73. The summed E-state index contributed by atoms with van der Waals surface area (Å²) in [5.41, 5.74) is 5.38. The van der Waals surface area contributed by atoms with Gasteiger partial charge in [0.1, 0.15) is 17.0 Å². The van der Waals surface area contributed by atoms with Gasteiger partial charge in [0, 0.05) is 23.9 Å². The van der Waals surface area contributed by atoms with Crippen LogP contribution >= 0.6 is 11.3 Å². The van der Waals surface area contributed by atoms with E-state index in [2.05, 4.69) is 27.9 Å². The summed E-state index contributed by atoms with van der Waals surface area (Å²) in [7, 11) is 0. The van der Waals surface area contributed by atoms with Crippen LogP contribution in [0.2, 0.25) is 0 Å². The van der Waals surface area contributed by atoms with Gasteiger partial charge in [-0.05, 0) is 25.3 Å². The number of hydrogen-bond donors (Lipinski definition) is 1. The molecule has 0 bridgehead atoms. The second-order valence-electron chi connectivity index (χ2n) is 5.15. The van der Waals surface area contributed by atoms with Crippen molar-refractivity contribution in [1.29, 1.82) is 0 Å². The number of thiophene rings is 1. The molecule has 1 saturated heterocycles. The van der Waals surface area contributed by atoms with Crippen LogP contribution in [-0.4, -0.2) is 29.0 Å². The first-order valence-corrected chi connectivity index (χ1v) is 7.78. The Bertz CT molecular complexity index is 631. The van der Waals surface area contributed by atoms with E-state index < -0.39 is 0 Å². The lowest BCUT2D eigenvalue weighted by molar-refractivity contribution is -0.122. The van der Waals surface area contributed by atoms with E-state index in [9.17, 15) is 4.79 Å². The molecular weight excluding hydrogens is 272 g/mol. The van der Waals surface area contributed by atoms with Crippen LogP contribution in [0.1, 0.15) is 24.6 Å². The minimum atomic E-state index is -0.179. The van der Waals surface area contributed by atoms with Gasteiger partial charge in [-0.2, -0.15) is 0 Å². The topological polar surface area (TPSA) is 72.1 Å². The standard InChI is InChI=1S/C14H18N4OS/c1-2-10-7-11-13(16-8-17-14(11)20-10)18-5-3-9(4-6-18)12(15)19/h7-9H,2-6H2,1H3,(H2,15,19). The van der Waals surface area contributed by atoms with E-state index in [0.29, 0.717) is 0 Å². The fourth-order valence-electron chi connectivity index (χ4n) is 2.69. The molecule has 0 spiro atoms. The van der Waals surface area contributed by atoms with Crippen molar-refractivity contribution in [3.63, 3.8) is 0 Å². The lowest BCUT2D eigenvalue weighted by atomic mass is 9.96. The lowest BCUT2D eigenvalue weighted by Gasteiger charge is -2.31. The number of piperidine rings is 1. The lowest BCUT2D eigenvalue weighted by Crippen LogP contribution is -2.39. The Labute approximate surface area is 121 Å². The first-order valence-electron chi connectivity index (χ1n) is 6.96. The summed E-state index contributed by atoms with van der Waals surface area (Å²) in [6.45, 7) is 3.81. The molecule has 3 heterocycles. The molecule has 5 nitrogen and oxygen atoms in total. The van der Waals surface area contributed by atoms with Gasteiger partial charge in [-0.3, -0.25) is 4.79 Å². The number of nitrogens with zero attached hydrogens (tertiary/aromatic N) is 3. The molecule has 3 rings (SSSR count). The third kappa shape index (κ3) is 2.35. The van der Waals surface area contributed by atoms with Gasteiger partial charge in [0.05, 0.1) is 5.39 Å². The van der Waals surface area contributed by atoms with E-state index >= 15 is 0 Å². The smallest absolute Gasteiger partial charge is 0.220 e. The molecule has 1 fully saturated rings. The molecule has 2 aromatic heterocycles. The third-order valence-electron chi connectivity index (χ3n) is 3.90. The molecule has 20 heavy (non-hydrogen) atoms. The minimum Gasteiger partial charge on any atom is -0.369 e. The second kappa shape index (κ2) is 5.36. The summed E-state index contributed by atoms with van der Waals surface area (Å²) in [4.78, 5) is 24.7. The van der Waals surface area contributed by atoms with E-state index in [0.717, 1.165) is 48.4 Å². The summed E-state index contributed by atoms with van der Waals surface area (Å²) in [5.74, 6) is 0.826. The molecule has 0 aromatic carbocycles. The second-order valence-corrected chi connectivity index (χ2v) is 6.26. The highest BCUT2D eigenvalue weighted by Crippen LogP contribution is 2.32. The van der Waals surface area contributed by atoms with Crippen LogP contribution in [0.4, 0.5) is 5.82 Å². The maximum Gasteiger partial charge on any atom is 0.220 e. The Kier molecular flexibility index (Phi) is 3.56. The largest absolute Gasteiger partial charge is 0.369 e. The van der Waals surface area contributed by atoms with Crippen LogP contribution in [0.25, 0.3) is 10.2 Å². The number of fused-ring (bicyclic) bond motifs is 1. The van der Waals surface area contributed by atoms with Gasteiger partial charge in [0.15, 0.2) is 0 Å². The average molecular weight is 290 g/mol. The molecule has 2 N–H and O–H groups in total. The van der Waals surface area contributed by atoms with Gasteiger partial charge in [-0.25, -0.2) is 9.97 Å². The van der Waals surface area contributed by atoms with Gasteiger partial charge in [-0.15, -0.1) is 11.3 Å². The van der Waals surface area contributed by atoms with Crippen molar-refractivity contribution >= 4 is 33.3 Å². The van der Waals surface area contributed by atoms with Crippen molar-refractivity contribution in [3.8, 4) is 0 Å². The zero-order chi connectivity index (χ0) is 14.1. The van der Waals surface area contributed by atoms with Crippen molar-refractivity contribution in [3.05, 3.63) is 17.3 Å². The SMILES string of the molecule is CCc1cc2c(N3CCC(C(N)=O)CC3)ncnc2s1. The first-order chi connectivity index (χ1) is 9.69.